The van der Waals surface area contributed by atoms with Gasteiger partial charge >= 0.3 is 0 Å². The van der Waals surface area contributed by atoms with Gasteiger partial charge < -0.3 is 9.72 Å². The standard InChI is InChI=1S/C10H10FN3/c11-7-2-4-14-9-1-3-12-6-8(9)13-10(14)5-7/h2,4-5,12H,1,3,6H2. The summed E-state index contributed by atoms with van der Waals surface area (Å²) in [5, 5.41) is 3.25. The molecule has 0 aliphatic carbocycles. The number of halogens is 1. The highest BCUT2D eigenvalue weighted by Gasteiger charge is 2.15. The second-order valence-corrected chi connectivity index (χ2v) is 3.51. The van der Waals surface area contributed by atoms with E-state index in [0.29, 0.717) is 5.65 Å². The van der Waals surface area contributed by atoms with Gasteiger partial charge in [0.25, 0.3) is 0 Å². The molecule has 0 unspecified atom stereocenters. The maximum Gasteiger partial charge on any atom is 0.140 e. The Hall–Kier alpha value is -1.42. The van der Waals surface area contributed by atoms with Crippen LogP contribution in [0.25, 0.3) is 5.65 Å². The Morgan fingerprint density at radius 2 is 2.43 bits per heavy atom. The van der Waals surface area contributed by atoms with Crippen molar-refractivity contribution in [1.82, 2.24) is 14.7 Å². The van der Waals surface area contributed by atoms with Crippen molar-refractivity contribution in [2.24, 2.45) is 0 Å². The lowest BCUT2D eigenvalue weighted by Gasteiger charge is -2.11. The van der Waals surface area contributed by atoms with Crippen LogP contribution in [-0.4, -0.2) is 15.9 Å². The molecule has 4 heteroatoms. The summed E-state index contributed by atoms with van der Waals surface area (Å²) in [6.45, 7) is 1.76. The van der Waals surface area contributed by atoms with Gasteiger partial charge in [0, 0.05) is 37.5 Å². The summed E-state index contributed by atoms with van der Waals surface area (Å²) < 4.78 is 14.9. The van der Waals surface area contributed by atoms with Crippen molar-refractivity contribution < 1.29 is 4.39 Å². The van der Waals surface area contributed by atoms with Gasteiger partial charge in [0.15, 0.2) is 0 Å². The van der Waals surface area contributed by atoms with Crippen LogP contribution in [0.15, 0.2) is 18.3 Å². The van der Waals surface area contributed by atoms with Crippen LogP contribution in [0.5, 0.6) is 0 Å². The largest absolute Gasteiger partial charge is 0.311 e. The van der Waals surface area contributed by atoms with Gasteiger partial charge in [-0.3, -0.25) is 0 Å². The van der Waals surface area contributed by atoms with Gasteiger partial charge in [0.1, 0.15) is 11.5 Å². The van der Waals surface area contributed by atoms with Crippen molar-refractivity contribution in [3.8, 4) is 0 Å². The van der Waals surface area contributed by atoms with Crippen LogP contribution in [0, 0.1) is 5.82 Å². The van der Waals surface area contributed by atoms with E-state index < -0.39 is 0 Å². The van der Waals surface area contributed by atoms with Gasteiger partial charge in [-0.05, 0) is 6.07 Å². The van der Waals surface area contributed by atoms with E-state index in [-0.39, 0.29) is 5.82 Å². The number of pyridine rings is 1. The Bertz CT molecular complexity index is 489. The Morgan fingerprint density at radius 1 is 1.50 bits per heavy atom. The van der Waals surface area contributed by atoms with E-state index in [4.69, 9.17) is 0 Å². The third kappa shape index (κ3) is 1.04. The molecule has 1 aliphatic rings. The molecule has 1 N–H and O–H groups in total. The molecule has 0 amide bonds. The summed E-state index contributed by atoms with van der Waals surface area (Å²) in [5.41, 5.74) is 2.96. The highest BCUT2D eigenvalue weighted by Crippen LogP contribution is 2.16. The predicted molar refractivity (Wildman–Crippen MR) is 50.6 cm³/mol. The second kappa shape index (κ2) is 2.78. The molecule has 3 rings (SSSR count). The van der Waals surface area contributed by atoms with E-state index in [2.05, 4.69) is 10.3 Å². The first-order chi connectivity index (χ1) is 6.84. The molecule has 72 valence electrons. The first-order valence-electron chi connectivity index (χ1n) is 4.71. The summed E-state index contributed by atoms with van der Waals surface area (Å²) >= 11 is 0. The summed E-state index contributed by atoms with van der Waals surface area (Å²) in [6.07, 6.45) is 2.71. The SMILES string of the molecule is Fc1ccn2c3c(nc2c1)CNCC3. The minimum atomic E-state index is -0.229. The number of aromatic nitrogens is 2. The first-order valence-corrected chi connectivity index (χ1v) is 4.71. The van der Waals surface area contributed by atoms with Crippen molar-refractivity contribution in [1.29, 1.82) is 0 Å². The molecule has 3 heterocycles. The average Bonchev–Trinajstić information content (AvgIpc) is 2.54. The maximum atomic E-state index is 12.9. The molecule has 2 aromatic heterocycles. The van der Waals surface area contributed by atoms with Gasteiger partial charge in [0.05, 0.1) is 5.69 Å². The third-order valence-electron chi connectivity index (χ3n) is 2.60. The van der Waals surface area contributed by atoms with Crippen LogP contribution in [0.4, 0.5) is 4.39 Å². The van der Waals surface area contributed by atoms with Crippen LogP contribution in [-0.2, 0) is 13.0 Å². The van der Waals surface area contributed by atoms with Crippen LogP contribution in [0.3, 0.4) is 0 Å². The summed E-state index contributed by atoms with van der Waals surface area (Å²) in [5.74, 6) is -0.229. The van der Waals surface area contributed by atoms with E-state index in [1.165, 1.54) is 17.8 Å². The Morgan fingerprint density at radius 3 is 3.36 bits per heavy atom. The molecule has 1 aliphatic heterocycles. The Labute approximate surface area is 80.6 Å². The van der Waals surface area contributed by atoms with E-state index in [1.807, 2.05) is 4.40 Å². The minimum Gasteiger partial charge on any atom is -0.311 e. The molecule has 0 fully saturated rings. The zero-order valence-electron chi connectivity index (χ0n) is 7.63. The predicted octanol–water partition coefficient (Wildman–Crippen LogP) is 1.12. The zero-order chi connectivity index (χ0) is 9.54. The molecule has 2 aromatic rings. The Kier molecular flexibility index (Phi) is 1.58. The summed E-state index contributed by atoms with van der Waals surface area (Å²) in [7, 11) is 0. The molecule has 3 nitrogen and oxygen atoms in total. The van der Waals surface area contributed by atoms with Crippen LogP contribution < -0.4 is 5.32 Å². The van der Waals surface area contributed by atoms with Crippen molar-refractivity contribution in [2.45, 2.75) is 13.0 Å². The fourth-order valence-corrected chi connectivity index (χ4v) is 1.94. The fourth-order valence-electron chi connectivity index (χ4n) is 1.94. The minimum absolute atomic E-state index is 0.229. The smallest absolute Gasteiger partial charge is 0.140 e. The van der Waals surface area contributed by atoms with Crippen LogP contribution >= 0.6 is 0 Å². The van der Waals surface area contributed by atoms with E-state index >= 15 is 0 Å². The van der Waals surface area contributed by atoms with E-state index in [1.54, 1.807) is 6.20 Å². The van der Waals surface area contributed by atoms with Crippen LogP contribution in [0.2, 0.25) is 0 Å². The van der Waals surface area contributed by atoms with Gasteiger partial charge in [-0.2, -0.15) is 0 Å². The Balaban J connectivity index is 2.31. The quantitative estimate of drug-likeness (QED) is 0.676. The lowest BCUT2D eigenvalue weighted by molar-refractivity contribution is 0.618. The highest BCUT2D eigenvalue weighted by atomic mass is 19.1. The number of nitrogens with zero attached hydrogens (tertiary/aromatic N) is 2. The van der Waals surface area contributed by atoms with Gasteiger partial charge in [-0.15, -0.1) is 0 Å². The van der Waals surface area contributed by atoms with Crippen LogP contribution in [0.1, 0.15) is 11.4 Å². The fraction of sp³-hybridized carbons (Fsp3) is 0.300. The lowest BCUT2D eigenvalue weighted by Crippen LogP contribution is -2.24. The molecule has 0 aromatic carbocycles. The molecule has 0 saturated heterocycles. The lowest BCUT2D eigenvalue weighted by atomic mass is 10.2. The normalized spacial score (nSPS) is 15.8. The number of imidazole rings is 1. The average molecular weight is 191 g/mol. The molecule has 0 bridgehead atoms. The number of fused-ring (bicyclic) bond motifs is 3. The molecule has 0 atom stereocenters. The molecule has 0 radical (unpaired) electrons. The number of nitrogens with one attached hydrogen (secondary N) is 1. The van der Waals surface area contributed by atoms with Crippen molar-refractivity contribution >= 4 is 5.65 Å². The summed E-state index contributed by atoms with van der Waals surface area (Å²) in [4.78, 5) is 4.37. The number of hydrogen-bond donors (Lipinski definition) is 1. The van der Waals surface area contributed by atoms with E-state index in [9.17, 15) is 4.39 Å². The maximum absolute atomic E-state index is 12.9. The number of hydrogen-bond acceptors (Lipinski definition) is 2. The molecule has 0 saturated carbocycles. The van der Waals surface area contributed by atoms with Crippen molar-refractivity contribution in [2.75, 3.05) is 6.54 Å². The van der Waals surface area contributed by atoms with Gasteiger partial charge in [0.2, 0.25) is 0 Å². The van der Waals surface area contributed by atoms with E-state index in [0.717, 1.165) is 25.2 Å². The molecular weight excluding hydrogens is 181 g/mol. The number of rotatable bonds is 0. The molecule has 14 heavy (non-hydrogen) atoms. The molecular formula is C10H10FN3. The first kappa shape index (κ1) is 7.94. The highest BCUT2D eigenvalue weighted by molar-refractivity contribution is 5.44. The molecule has 0 spiro atoms. The monoisotopic (exact) mass is 191 g/mol. The zero-order valence-corrected chi connectivity index (χ0v) is 7.63. The van der Waals surface area contributed by atoms with Crippen molar-refractivity contribution in [3.63, 3.8) is 0 Å². The van der Waals surface area contributed by atoms with Crippen molar-refractivity contribution in [3.05, 3.63) is 35.5 Å². The second-order valence-electron chi connectivity index (χ2n) is 3.51. The summed E-state index contributed by atoms with van der Waals surface area (Å²) in [6, 6.07) is 2.94. The van der Waals surface area contributed by atoms with Gasteiger partial charge in [-0.25, -0.2) is 9.37 Å². The van der Waals surface area contributed by atoms with Gasteiger partial charge in [-0.1, -0.05) is 0 Å². The topological polar surface area (TPSA) is 29.3 Å². The third-order valence-corrected chi connectivity index (χ3v) is 2.60.